The van der Waals surface area contributed by atoms with Crippen molar-refractivity contribution in [1.29, 1.82) is 0 Å². The summed E-state index contributed by atoms with van der Waals surface area (Å²) in [6.07, 6.45) is 3.70. The molecule has 8 rings (SSSR count). The van der Waals surface area contributed by atoms with Crippen molar-refractivity contribution in [2.45, 2.75) is 13.5 Å². The van der Waals surface area contributed by atoms with Gasteiger partial charge < -0.3 is 24.5 Å². The molecule has 51 heavy (non-hydrogen) atoms. The first-order valence-corrected chi connectivity index (χ1v) is 16.8. The minimum atomic E-state index is -0.120. The van der Waals surface area contributed by atoms with E-state index >= 15 is 0 Å². The van der Waals surface area contributed by atoms with Gasteiger partial charge in [-0.05, 0) is 78.4 Å². The number of rotatable bonds is 9. The fourth-order valence-electron chi connectivity index (χ4n) is 6.32. The van der Waals surface area contributed by atoms with Crippen LogP contribution in [0.4, 0.5) is 17.3 Å². The van der Waals surface area contributed by atoms with Crippen LogP contribution in [0.5, 0.6) is 5.75 Å². The molecule has 8 aromatic rings. The molecule has 0 spiro atoms. The minimum absolute atomic E-state index is 0.120. The van der Waals surface area contributed by atoms with E-state index in [4.69, 9.17) is 26.3 Å². The molecule has 0 bridgehead atoms. The van der Waals surface area contributed by atoms with E-state index in [2.05, 4.69) is 67.3 Å². The summed E-state index contributed by atoms with van der Waals surface area (Å²) in [4.78, 5) is 26.1. The van der Waals surface area contributed by atoms with Crippen molar-refractivity contribution in [2.24, 2.45) is 0 Å². The Morgan fingerprint density at radius 1 is 0.824 bits per heavy atom. The molecular formula is C41H32ClN7O2. The van der Waals surface area contributed by atoms with Crippen LogP contribution in [0.15, 0.2) is 134 Å². The van der Waals surface area contributed by atoms with Crippen LogP contribution in [-0.4, -0.2) is 37.1 Å². The first kappa shape index (κ1) is 31.8. The van der Waals surface area contributed by atoms with Gasteiger partial charge in [0.25, 0.3) is 0 Å². The monoisotopic (exact) mass is 689 g/mol. The molecule has 10 heteroatoms. The summed E-state index contributed by atoms with van der Waals surface area (Å²) in [7, 11) is 1.66. The Morgan fingerprint density at radius 2 is 1.57 bits per heavy atom. The maximum atomic E-state index is 11.6. The zero-order chi connectivity index (χ0) is 34.9. The van der Waals surface area contributed by atoms with E-state index in [1.54, 1.807) is 13.3 Å². The summed E-state index contributed by atoms with van der Waals surface area (Å²) in [6, 6.07) is 40.2. The second-order valence-electron chi connectivity index (χ2n) is 12.1. The van der Waals surface area contributed by atoms with Gasteiger partial charge in [0, 0.05) is 53.2 Å². The first-order chi connectivity index (χ1) is 24.9. The van der Waals surface area contributed by atoms with Crippen LogP contribution in [0.3, 0.4) is 0 Å². The number of para-hydroxylation sites is 2. The normalized spacial score (nSPS) is 11.2. The van der Waals surface area contributed by atoms with Gasteiger partial charge in [-0.15, -0.1) is 0 Å². The molecule has 0 saturated heterocycles. The SMILES string of the molecule is COc1ccc(Cn2c(-c3ccc(NC(C)=O)cc3)nc3cc(Nc4ncc(Cl)c(-c5cn(-c6ccccc6)c6ccccc56)n4)ccc32)cc1. The van der Waals surface area contributed by atoms with Crippen LogP contribution in [0, 0.1) is 0 Å². The van der Waals surface area contributed by atoms with Gasteiger partial charge in [-0.2, -0.15) is 0 Å². The third-order valence-corrected chi connectivity index (χ3v) is 8.99. The molecule has 0 saturated carbocycles. The van der Waals surface area contributed by atoms with Crippen molar-refractivity contribution in [2.75, 3.05) is 17.7 Å². The van der Waals surface area contributed by atoms with Crippen molar-refractivity contribution in [3.05, 3.63) is 144 Å². The van der Waals surface area contributed by atoms with E-state index in [-0.39, 0.29) is 5.91 Å². The molecule has 0 radical (unpaired) electrons. The van der Waals surface area contributed by atoms with Crippen molar-refractivity contribution in [1.82, 2.24) is 24.1 Å². The van der Waals surface area contributed by atoms with E-state index < -0.39 is 0 Å². The van der Waals surface area contributed by atoms with Gasteiger partial charge in [-0.1, -0.05) is 60.1 Å². The number of amides is 1. The standard InChI is InChI=1S/C41H32ClN7O2/c1-26(50)44-29-16-14-28(15-17-29)40-46-36-22-30(18-21-38(36)49(40)24-27-12-19-32(51-2)20-13-27)45-41-43-23-35(42)39(47-41)34-25-48(31-8-4-3-5-9-31)37-11-7-6-10-33(34)37/h3-23,25H,24H2,1-2H3,(H,44,50)(H,43,45,47). The lowest BCUT2D eigenvalue weighted by Gasteiger charge is -2.11. The fraction of sp³-hybridized carbons (Fsp3) is 0.0732. The molecule has 9 nitrogen and oxygen atoms in total. The van der Waals surface area contributed by atoms with Crippen LogP contribution in [0.25, 0.3) is 50.3 Å². The highest BCUT2D eigenvalue weighted by molar-refractivity contribution is 6.33. The maximum absolute atomic E-state index is 11.6. The van der Waals surface area contributed by atoms with Crippen LogP contribution >= 0.6 is 11.6 Å². The van der Waals surface area contributed by atoms with Crippen molar-refractivity contribution >= 4 is 56.8 Å². The average molecular weight is 690 g/mol. The molecule has 0 aliphatic heterocycles. The number of aromatic nitrogens is 5. The molecule has 250 valence electrons. The predicted molar refractivity (Wildman–Crippen MR) is 204 cm³/mol. The van der Waals surface area contributed by atoms with Gasteiger partial charge in [0.05, 0.1) is 40.6 Å². The molecule has 0 fully saturated rings. The number of carbonyl (C=O) groups is 1. The van der Waals surface area contributed by atoms with Crippen LogP contribution in [0.1, 0.15) is 12.5 Å². The van der Waals surface area contributed by atoms with E-state index in [0.717, 1.165) is 67.3 Å². The Balaban J connectivity index is 1.16. The van der Waals surface area contributed by atoms with Crippen molar-refractivity contribution < 1.29 is 9.53 Å². The van der Waals surface area contributed by atoms with Gasteiger partial charge in [0.2, 0.25) is 11.9 Å². The second kappa shape index (κ2) is 13.5. The molecule has 3 heterocycles. The summed E-state index contributed by atoms with van der Waals surface area (Å²) in [5.41, 5.74) is 8.94. The smallest absolute Gasteiger partial charge is 0.227 e. The molecular weight excluding hydrogens is 658 g/mol. The van der Waals surface area contributed by atoms with Gasteiger partial charge in [-0.25, -0.2) is 15.0 Å². The number of imidazole rings is 1. The Bertz CT molecular complexity index is 2530. The minimum Gasteiger partial charge on any atom is -0.497 e. The van der Waals surface area contributed by atoms with Crippen molar-refractivity contribution in [3.63, 3.8) is 0 Å². The second-order valence-corrected chi connectivity index (χ2v) is 12.5. The number of benzene rings is 5. The van der Waals surface area contributed by atoms with Crippen molar-refractivity contribution in [3.8, 4) is 34.1 Å². The van der Waals surface area contributed by atoms with Gasteiger partial charge in [-0.3, -0.25) is 4.79 Å². The largest absolute Gasteiger partial charge is 0.497 e. The lowest BCUT2D eigenvalue weighted by atomic mass is 10.1. The molecule has 1 amide bonds. The Labute approximate surface area is 299 Å². The first-order valence-electron chi connectivity index (χ1n) is 16.4. The summed E-state index contributed by atoms with van der Waals surface area (Å²) in [5.74, 6) is 1.89. The lowest BCUT2D eigenvalue weighted by Crippen LogP contribution is -2.05. The number of hydrogen-bond donors (Lipinski definition) is 2. The van der Waals surface area contributed by atoms with Crippen LogP contribution in [-0.2, 0) is 11.3 Å². The lowest BCUT2D eigenvalue weighted by molar-refractivity contribution is -0.114. The molecule has 5 aromatic carbocycles. The Hall–Kier alpha value is -6.45. The number of anilines is 3. The quantitative estimate of drug-likeness (QED) is 0.157. The number of methoxy groups -OCH3 is 1. The number of hydrogen-bond acceptors (Lipinski definition) is 6. The zero-order valence-corrected chi connectivity index (χ0v) is 28.6. The van der Waals surface area contributed by atoms with Crippen LogP contribution < -0.4 is 15.4 Å². The Kier molecular flexibility index (Phi) is 8.39. The predicted octanol–water partition coefficient (Wildman–Crippen LogP) is 9.52. The molecule has 0 aliphatic carbocycles. The van der Waals surface area contributed by atoms with Crippen LogP contribution in [0.2, 0.25) is 5.02 Å². The van der Waals surface area contributed by atoms with E-state index in [0.29, 0.717) is 23.2 Å². The highest BCUT2D eigenvalue weighted by Gasteiger charge is 2.18. The number of fused-ring (bicyclic) bond motifs is 2. The van der Waals surface area contributed by atoms with Gasteiger partial charge in [0.15, 0.2) is 0 Å². The number of ether oxygens (including phenoxy) is 1. The fourth-order valence-corrected chi connectivity index (χ4v) is 6.52. The average Bonchev–Trinajstić information content (AvgIpc) is 3.72. The molecule has 2 N–H and O–H groups in total. The zero-order valence-electron chi connectivity index (χ0n) is 27.8. The Morgan fingerprint density at radius 3 is 2.33 bits per heavy atom. The van der Waals surface area contributed by atoms with E-state index in [9.17, 15) is 4.79 Å². The van der Waals surface area contributed by atoms with E-state index in [1.807, 2.05) is 84.9 Å². The molecule has 3 aromatic heterocycles. The third kappa shape index (κ3) is 6.38. The topological polar surface area (TPSA) is 98.9 Å². The summed E-state index contributed by atoms with van der Waals surface area (Å²) >= 11 is 6.76. The molecule has 0 atom stereocenters. The number of carbonyl (C=O) groups excluding carboxylic acids is 1. The number of nitrogens with zero attached hydrogens (tertiary/aromatic N) is 5. The molecule has 0 unspecified atom stereocenters. The summed E-state index contributed by atoms with van der Waals surface area (Å²) < 4.78 is 9.71. The highest BCUT2D eigenvalue weighted by atomic mass is 35.5. The highest BCUT2D eigenvalue weighted by Crippen LogP contribution is 2.36. The third-order valence-electron chi connectivity index (χ3n) is 8.71. The van der Waals surface area contributed by atoms with E-state index in [1.165, 1.54) is 6.92 Å². The number of nitrogens with one attached hydrogen (secondary N) is 2. The van der Waals surface area contributed by atoms with Gasteiger partial charge in [0.1, 0.15) is 11.6 Å². The number of halogens is 1. The maximum Gasteiger partial charge on any atom is 0.227 e. The van der Waals surface area contributed by atoms with Gasteiger partial charge >= 0.3 is 0 Å². The molecule has 0 aliphatic rings. The summed E-state index contributed by atoms with van der Waals surface area (Å²) in [5, 5.41) is 7.71. The summed E-state index contributed by atoms with van der Waals surface area (Å²) in [6.45, 7) is 2.09.